The molecule has 1 unspecified atom stereocenters. The number of rotatable bonds is 5. The number of benzene rings is 1. The number of guanidine groups is 1. The Morgan fingerprint density at radius 3 is 2.61 bits per heavy atom. The van der Waals surface area contributed by atoms with Gasteiger partial charge in [-0.1, -0.05) is 31.4 Å². The van der Waals surface area contributed by atoms with Gasteiger partial charge in [-0.05, 0) is 57.5 Å². The molecule has 0 heterocycles. The summed E-state index contributed by atoms with van der Waals surface area (Å²) in [6, 6.07) is 8.67. The van der Waals surface area contributed by atoms with E-state index in [0.717, 1.165) is 18.2 Å². The molecule has 1 fully saturated rings. The number of likely N-dealkylation sites (N-methyl/N-ethyl adjacent to an activating group) is 1. The van der Waals surface area contributed by atoms with Crippen LogP contribution in [-0.4, -0.2) is 37.5 Å². The first-order chi connectivity index (χ1) is 10.6. The van der Waals surface area contributed by atoms with Crippen LogP contribution in [0.3, 0.4) is 0 Å². The molecule has 0 radical (unpaired) electrons. The van der Waals surface area contributed by atoms with Crippen molar-refractivity contribution in [3.63, 3.8) is 0 Å². The monoisotopic (exact) mass is 430 g/mol. The van der Waals surface area contributed by atoms with Gasteiger partial charge < -0.3 is 16.0 Å². The molecular weight excluding hydrogens is 399 g/mol. The van der Waals surface area contributed by atoms with E-state index in [2.05, 4.69) is 48.4 Å². The minimum Gasteiger partial charge on any atom is -0.370 e. The first kappa shape index (κ1) is 20.2. The van der Waals surface area contributed by atoms with Crippen LogP contribution in [0.2, 0.25) is 0 Å². The molecule has 1 aliphatic carbocycles. The molecule has 5 heteroatoms. The van der Waals surface area contributed by atoms with Crippen LogP contribution >= 0.6 is 24.0 Å². The van der Waals surface area contributed by atoms with Gasteiger partial charge in [0.25, 0.3) is 0 Å². The molecule has 1 aromatic carbocycles. The predicted octanol–water partition coefficient (Wildman–Crippen LogP) is 3.85. The van der Waals surface area contributed by atoms with Gasteiger partial charge in [0.15, 0.2) is 5.96 Å². The summed E-state index contributed by atoms with van der Waals surface area (Å²) in [4.78, 5) is 6.89. The number of hydrogen-bond acceptors (Lipinski definition) is 2. The van der Waals surface area contributed by atoms with E-state index in [1.807, 2.05) is 12.1 Å². The van der Waals surface area contributed by atoms with Gasteiger partial charge in [-0.25, -0.2) is 0 Å². The molecule has 2 rings (SSSR count). The van der Waals surface area contributed by atoms with Gasteiger partial charge >= 0.3 is 0 Å². The number of nitrogens with two attached hydrogens (primary N) is 1. The van der Waals surface area contributed by atoms with Crippen LogP contribution in [0, 0.1) is 12.8 Å². The molecular formula is C18H31IN4. The average Bonchev–Trinajstić information content (AvgIpc) is 2.48. The zero-order valence-corrected chi connectivity index (χ0v) is 16.9. The topological polar surface area (TPSA) is 53.6 Å². The predicted molar refractivity (Wildman–Crippen MR) is 111 cm³/mol. The van der Waals surface area contributed by atoms with Crippen LogP contribution < -0.4 is 11.1 Å². The van der Waals surface area contributed by atoms with Crippen LogP contribution in [0.15, 0.2) is 29.3 Å². The fourth-order valence-corrected chi connectivity index (χ4v) is 3.36. The third-order valence-electron chi connectivity index (χ3n) is 4.60. The van der Waals surface area contributed by atoms with E-state index < -0.39 is 0 Å². The molecule has 0 aliphatic heterocycles. The molecule has 0 spiro atoms. The molecule has 23 heavy (non-hydrogen) atoms. The molecule has 1 aromatic rings. The van der Waals surface area contributed by atoms with Crippen molar-refractivity contribution in [1.29, 1.82) is 0 Å². The highest BCUT2D eigenvalue weighted by atomic mass is 127. The number of hydrogen-bond donors (Lipinski definition) is 2. The molecule has 1 aliphatic rings. The van der Waals surface area contributed by atoms with E-state index in [1.165, 1.54) is 37.7 Å². The van der Waals surface area contributed by atoms with Crippen molar-refractivity contribution in [2.75, 3.05) is 26.0 Å². The normalized spacial score (nSPS) is 17.7. The Hall–Kier alpha value is -0.820. The van der Waals surface area contributed by atoms with Crippen LogP contribution in [0.1, 0.15) is 37.7 Å². The molecule has 3 N–H and O–H groups in total. The van der Waals surface area contributed by atoms with E-state index in [0.29, 0.717) is 12.0 Å². The van der Waals surface area contributed by atoms with E-state index in [-0.39, 0.29) is 24.0 Å². The van der Waals surface area contributed by atoms with E-state index in [1.54, 1.807) is 0 Å². The number of anilines is 1. The molecule has 130 valence electrons. The lowest BCUT2D eigenvalue weighted by atomic mass is 9.83. The molecule has 4 nitrogen and oxygen atoms in total. The largest absolute Gasteiger partial charge is 0.370 e. The third kappa shape index (κ3) is 6.67. The van der Waals surface area contributed by atoms with E-state index in [4.69, 9.17) is 5.73 Å². The van der Waals surface area contributed by atoms with Crippen molar-refractivity contribution in [1.82, 2.24) is 4.90 Å². The summed E-state index contributed by atoms with van der Waals surface area (Å²) < 4.78 is 0. The molecule has 0 amide bonds. The lowest BCUT2D eigenvalue weighted by molar-refractivity contribution is 0.176. The van der Waals surface area contributed by atoms with Gasteiger partial charge in [-0.3, -0.25) is 4.99 Å². The molecule has 1 atom stereocenters. The maximum absolute atomic E-state index is 6.05. The van der Waals surface area contributed by atoms with Crippen molar-refractivity contribution in [3.05, 3.63) is 29.8 Å². The average molecular weight is 430 g/mol. The summed E-state index contributed by atoms with van der Waals surface area (Å²) in [5.41, 5.74) is 8.27. The smallest absolute Gasteiger partial charge is 0.193 e. The summed E-state index contributed by atoms with van der Waals surface area (Å²) in [5.74, 6) is 1.26. The molecule has 0 aromatic heterocycles. The SMILES string of the molecule is Cc1cccc(NC(N)=NCC(C2CCCCC2)N(C)C)c1.I. The number of aliphatic imine (C=N–C) groups is 1. The highest BCUT2D eigenvalue weighted by Crippen LogP contribution is 2.28. The van der Waals surface area contributed by atoms with Crippen molar-refractivity contribution in [3.8, 4) is 0 Å². The Balaban J connectivity index is 0.00000264. The van der Waals surface area contributed by atoms with Gasteiger partial charge in [0.1, 0.15) is 0 Å². The number of halogens is 1. The second kappa shape index (κ2) is 10.1. The zero-order valence-electron chi connectivity index (χ0n) is 14.6. The maximum atomic E-state index is 6.05. The van der Waals surface area contributed by atoms with Crippen LogP contribution in [0.5, 0.6) is 0 Å². The number of aryl methyl sites for hydroxylation is 1. The second-order valence-corrected chi connectivity index (χ2v) is 6.65. The minimum atomic E-state index is 0. The van der Waals surface area contributed by atoms with Crippen LogP contribution in [-0.2, 0) is 0 Å². The summed E-state index contributed by atoms with van der Waals surface area (Å²) in [6.45, 7) is 2.84. The van der Waals surface area contributed by atoms with E-state index >= 15 is 0 Å². The van der Waals surface area contributed by atoms with Crippen molar-refractivity contribution in [2.45, 2.75) is 45.1 Å². The number of nitrogens with one attached hydrogen (secondary N) is 1. The van der Waals surface area contributed by atoms with Crippen LogP contribution in [0.25, 0.3) is 0 Å². The standard InChI is InChI=1S/C18H30N4.HI/c1-14-8-7-11-16(12-14)21-18(19)20-13-17(22(2)3)15-9-5-4-6-10-15;/h7-8,11-12,15,17H,4-6,9-10,13H2,1-3H3,(H3,19,20,21);1H. The Labute approximate surface area is 157 Å². The highest BCUT2D eigenvalue weighted by Gasteiger charge is 2.24. The molecule has 0 saturated heterocycles. The number of nitrogens with zero attached hydrogens (tertiary/aromatic N) is 2. The maximum Gasteiger partial charge on any atom is 0.193 e. The molecule has 1 saturated carbocycles. The highest BCUT2D eigenvalue weighted by molar-refractivity contribution is 14.0. The Morgan fingerprint density at radius 2 is 2.00 bits per heavy atom. The Morgan fingerprint density at radius 1 is 1.30 bits per heavy atom. The lowest BCUT2D eigenvalue weighted by Crippen LogP contribution is -2.39. The first-order valence-corrected chi connectivity index (χ1v) is 8.36. The zero-order chi connectivity index (χ0) is 15.9. The summed E-state index contributed by atoms with van der Waals surface area (Å²) >= 11 is 0. The Bertz CT molecular complexity index is 496. The third-order valence-corrected chi connectivity index (χ3v) is 4.60. The summed E-state index contributed by atoms with van der Waals surface area (Å²) in [7, 11) is 4.30. The van der Waals surface area contributed by atoms with Gasteiger partial charge in [0, 0.05) is 11.7 Å². The van der Waals surface area contributed by atoms with Gasteiger partial charge in [0.05, 0.1) is 6.54 Å². The lowest BCUT2D eigenvalue weighted by Gasteiger charge is -2.33. The quantitative estimate of drug-likeness (QED) is 0.424. The van der Waals surface area contributed by atoms with E-state index in [9.17, 15) is 0 Å². The summed E-state index contributed by atoms with van der Waals surface area (Å²) in [5, 5.41) is 3.19. The second-order valence-electron chi connectivity index (χ2n) is 6.65. The Kier molecular flexibility index (Phi) is 8.91. The van der Waals surface area contributed by atoms with Gasteiger partial charge in [0.2, 0.25) is 0 Å². The molecule has 0 bridgehead atoms. The van der Waals surface area contributed by atoms with Gasteiger partial charge in [-0.15, -0.1) is 24.0 Å². The fourth-order valence-electron chi connectivity index (χ4n) is 3.36. The van der Waals surface area contributed by atoms with Gasteiger partial charge in [-0.2, -0.15) is 0 Å². The van der Waals surface area contributed by atoms with Crippen molar-refractivity contribution < 1.29 is 0 Å². The van der Waals surface area contributed by atoms with Crippen molar-refractivity contribution >= 4 is 35.6 Å². The van der Waals surface area contributed by atoms with Crippen LogP contribution in [0.4, 0.5) is 5.69 Å². The summed E-state index contributed by atoms with van der Waals surface area (Å²) in [6.07, 6.45) is 6.75. The first-order valence-electron chi connectivity index (χ1n) is 8.36. The minimum absolute atomic E-state index is 0. The fraction of sp³-hybridized carbons (Fsp3) is 0.611. The van der Waals surface area contributed by atoms with Crippen molar-refractivity contribution in [2.24, 2.45) is 16.6 Å².